The van der Waals surface area contributed by atoms with Gasteiger partial charge in [-0.1, -0.05) is 19.1 Å². The molecule has 146 valence electrons. The highest BCUT2D eigenvalue weighted by atomic mass is 32.2. The molecule has 2 heterocycles. The molecule has 6 nitrogen and oxygen atoms in total. The summed E-state index contributed by atoms with van der Waals surface area (Å²) in [6, 6.07) is 8.42. The Hall–Kier alpha value is -2.19. The summed E-state index contributed by atoms with van der Waals surface area (Å²) >= 11 is 0. The lowest BCUT2D eigenvalue weighted by molar-refractivity contribution is -0.132. The van der Waals surface area contributed by atoms with Gasteiger partial charge in [0.25, 0.3) is 0 Å². The summed E-state index contributed by atoms with van der Waals surface area (Å²) in [5.41, 5.74) is 0. The molecule has 8 heteroatoms. The van der Waals surface area contributed by atoms with E-state index in [-0.39, 0.29) is 19.0 Å². The van der Waals surface area contributed by atoms with Crippen LogP contribution in [0.15, 0.2) is 52.0 Å². The van der Waals surface area contributed by atoms with E-state index in [1.807, 2.05) is 0 Å². The molecule has 3 rings (SSSR count). The Kier molecular flexibility index (Phi) is 5.96. The Morgan fingerprint density at radius 2 is 1.93 bits per heavy atom. The van der Waals surface area contributed by atoms with Crippen LogP contribution in [0.4, 0.5) is 4.39 Å². The lowest BCUT2D eigenvalue weighted by atomic mass is 9.99. The number of carbonyl (C=O) groups excluding carboxylic acids is 1. The van der Waals surface area contributed by atoms with Crippen LogP contribution in [0.2, 0.25) is 0 Å². The SMILES string of the molecule is CC1CCN(C(=O)CN(Cc2ccco2)S(=O)(=O)c2ccccc2F)CC1. The molecule has 0 saturated carbocycles. The number of hydrogen-bond donors (Lipinski definition) is 0. The highest BCUT2D eigenvalue weighted by Crippen LogP contribution is 2.22. The fourth-order valence-corrected chi connectivity index (χ4v) is 4.52. The van der Waals surface area contributed by atoms with E-state index < -0.39 is 20.7 Å². The van der Waals surface area contributed by atoms with Crippen LogP contribution in [-0.2, 0) is 21.4 Å². The van der Waals surface area contributed by atoms with Crippen molar-refractivity contribution in [1.29, 1.82) is 0 Å². The molecule has 0 aliphatic carbocycles. The molecule has 0 bridgehead atoms. The number of likely N-dealkylation sites (tertiary alicyclic amines) is 1. The number of amides is 1. The van der Waals surface area contributed by atoms with Gasteiger partial charge < -0.3 is 9.32 Å². The molecule has 0 unspecified atom stereocenters. The van der Waals surface area contributed by atoms with Crippen LogP contribution in [0, 0.1) is 11.7 Å². The standard InChI is InChI=1S/C19H23FN2O4S/c1-15-8-10-21(11-9-15)19(23)14-22(13-16-5-4-12-26-16)27(24,25)18-7-3-2-6-17(18)20/h2-7,12,15H,8-11,13-14H2,1H3. The molecule has 0 atom stereocenters. The third-order valence-corrected chi connectivity index (χ3v) is 6.64. The number of sulfonamides is 1. The van der Waals surface area contributed by atoms with Crippen molar-refractivity contribution >= 4 is 15.9 Å². The molecule has 1 aliphatic heterocycles. The summed E-state index contributed by atoms with van der Waals surface area (Å²) in [6.07, 6.45) is 3.21. The number of rotatable bonds is 6. The molecule has 0 radical (unpaired) electrons. The zero-order valence-corrected chi connectivity index (χ0v) is 16.0. The molecule has 1 aromatic carbocycles. The van der Waals surface area contributed by atoms with Crippen molar-refractivity contribution < 1.29 is 22.0 Å². The normalized spacial score (nSPS) is 16.0. The number of nitrogens with zero attached hydrogens (tertiary/aromatic N) is 2. The second-order valence-corrected chi connectivity index (χ2v) is 8.75. The monoisotopic (exact) mass is 394 g/mol. The second kappa shape index (κ2) is 8.22. The molecule has 2 aromatic rings. The van der Waals surface area contributed by atoms with Gasteiger partial charge in [-0.05, 0) is 43.0 Å². The van der Waals surface area contributed by atoms with Crippen molar-refractivity contribution in [2.45, 2.75) is 31.2 Å². The van der Waals surface area contributed by atoms with E-state index in [2.05, 4.69) is 6.92 Å². The summed E-state index contributed by atoms with van der Waals surface area (Å²) < 4.78 is 46.4. The van der Waals surface area contributed by atoms with Crippen LogP contribution in [-0.4, -0.2) is 43.2 Å². The van der Waals surface area contributed by atoms with E-state index in [1.54, 1.807) is 17.0 Å². The molecular weight excluding hydrogens is 371 g/mol. The fourth-order valence-electron chi connectivity index (χ4n) is 3.10. The molecule has 1 amide bonds. The maximum atomic E-state index is 14.1. The predicted molar refractivity (Wildman–Crippen MR) is 97.7 cm³/mol. The van der Waals surface area contributed by atoms with Crippen LogP contribution in [0.3, 0.4) is 0 Å². The maximum Gasteiger partial charge on any atom is 0.246 e. The third-order valence-electron chi connectivity index (χ3n) is 4.81. The summed E-state index contributed by atoms with van der Waals surface area (Å²) in [5.74, 6) is -0.194. The molecule has 1 aliphatic rings. The van der Waals surface area contributed by atoms with Crippen LogP contribution in [0.5, 0.6) is 0 Å². The van der Waals surface area contributed by atoms with E-state index in [9.17, 15) is 17.6 Å². The smallest absolute Gasteiger partial charge is 0.246 e. The molecule has 0 N–H and O–H groups in total. The average molecular weight is 394 g/mol. The predicted octanol–water partition coefficient (Wildman–Crippen LogP) is 2.87. The largest absolute Gasteiger partial charge is 0.468 e. The number of hydrogen-bond acceptors (Lipinski definition) is 4. The number of carbonyl (C=O) groups is 1. The van der Waals surface area contributed by atoms with Gasteiger partial charge in [0.15, 0.2) is 0 Å². The van der Waals surface area contributed by atoms with Gasteiger partial charge in [-0.15, -0.1) is 0 Å². The third kappa shape index (κ3) is 4.56. The van der Waals surface area contributed by atoms with Crippen molar-refractivity contribution in [3.8, 4) is 0 Å². The summed E-state index contributed by atoms with van der Waals surface area (Å²) in [4.78, 5) is 13.9. The molecule has 1 fully saturated rings. The first-order chi connectivity index (χ1) is 12.9. The van der Waals surface area contributed by atoms with Crippen molar-refractivity contribution in [3.63, 3.8) is 0 Å². The van der Waals surface area contributed by atoms with Gasteiger partial charge in [0.2, 0.25) is 15.9 Å². The first kappa shape index (κ1) is 19.6. The molecular formula is C19H23FN2O4S. The van der Waals surface area contributed by atoms with Crippen molar-refractivity contribution in [2.75, 3.05) is 19.6 Å². The maximum absolute atomic E-state index is 14.1. The van der Waals surface area contributed by atoms with Crippen molar-refractivity contribution in [2.24, 2.45) is 5.92 Å². The number of halogens is 1. The molecule has 0 spiro atoms. The van der Waals surface area contributed by atoms with E-state index in [4.69, 9.17) is 4.42 Å². The minimum Gasteiger partial charge on any atom is -0.468 e. The van der Waals surface area contributed by atoms with Crippen LogP contribution in [0.1, 0.15) is 25.5 Å². The minimum absolute atomic E-state index is 0.139. The topological polar surface area (TPSA) is 70.8 Å². The van der Waals surface area contributed by atoms with Gasteiger partial charge in [0.05, 0.1) is 19.4 Å². The molecule has 1 aromatic heterocycles. The highest BCUT2D eigenvalue weighted by molar-refractivity contribution is 7.89. The van der Waals surface area contributed by atoms with Gasteiger partial charge in [-0.2, -0.15) is 4.31 Å². The first-order valence-corrected chi connectivity index (χ1v) is 10.4. The van der Waals surface area contributed by atoms with Gasteiger partial charge in [-0.25, -0.2) is 12.8 Å². The Balaban J connectivity index is 1.85. The van der Waals surface area contributed by atoms with Crippen molar-refractivity contribution in [1.82, 2.24) is 9.21 Å². The van der Waals surface area contributed by atoms with E-state index in [0.717, 1.165) is 23.2 Å². The zero-order chi connectivity index (χ0) is 19.4. The van der Waals surface area contributed by atoms with E-state index in [1.165, 1.54) is 24.5 Å². The minimum atomic E-state index is -4.20. The van der Waals surface area contributed by atoms with Crippen LogP contribution in [0.25, 0.3) is 0 Å². The number of benzene rings is 1. The Morgan fingerprint density at radius 3 is 2.56 bits per heavy atom. The number of furan rings is 1. The fraction of sp³-hybridized carbons (Fsp3) is 0.421. The van der Waals surface area contributed by atoms with Crippen molar-refractivity contribution in [3.05, 3.63) is 54.2 Å². The second-order valence-electron chi connectivity index (χ2n) is 6.85. The zero-order valence-electron chi connectivity index (χ0n) is 15.2. The summed E-state index contributed by atoms with van der Waals surface area (Å²) in [6.45, 7) is 2.85. The van der Waals surface area contributed by atoms with Gasteiger partial charge in [-0.3, -0.25) is 4.79 Å². The summed E-state index contributed by atoms with van der Waals surface area (Å²) in [7, 11) is -4.20. The Labute approximate surface area is 158 Å². The van der Waals surface area contributed by atoms with Crippen LogP contribution >= 0.6 is 0 Å². The first-order valence-electron chi connectivity index (χ1n) is 8.93. The van der Waals surface area contributed by atoms with E-state index in [0.29, 0.717) is 24.8 Å². The van der Waals surface area contributed by atoms with Gasteiger partial charge >= 0.3 is 0 Å². The quantitative estimate of drug-likeness (QED) is 0.755. The molecule has 27 heavy (non-hydrogen) atoms. The summed E-state index contributed by atoms with van der Waals surface area (Å²) in [5, 5.41) is 0. The number of piperidine rings is 1. The Bertz CT molecular complexity index is 875. The highest BCUT2D eigenvalue weighted by Gasteiger charge is 2.32. The van der Waals surface area contributed by atoms with Gasteiger partial charge in [0, 0.05) is 13.1 Å². The molecule has 1 saturated heterocycles. The lowest BCUT2D eigenvalue weighted by Gasteiger charge is -2.32. The van der Waals surface area contributed by atoms with E-state index >= 15 is 0 Å². The van der Waals surface area contributed by atoms with Gasteiger partial charge in [0.1, 0.15) is 16.5 Å². The average Bonchev–Trinajstić information content (AvgIpc) is 3.15. The lowest BCUT2D eigenvalue weighted by Crippen LogP contribution is -2.45. The Morgan fingerprint density at radius 1 is 1.22 bits per heavy atom. The van der Waals surface area contributed by atoms with Crippen LogP contribution < -0.4 is 0 Å².